The van der Waals surface area contributed by atoms with Crippen molar-refractivity contribution in [2.24, 2.45) is 0 Å². The predicted octanol–water partition coefficient (Wildman–Crippen LogP) is 3.27. The fourth-order valence-corrected chi connectivity index (χ4v) is 7.59. The largest absolute Gasteiger partial charge is 0.494 e. The van der Waals surface area contributed by atoms with Crippen LogP contribution in [0.1, 0.15) is 32.1 Å². The molecule has 1 atom stereocenters. The van der Waals surface area contributed by atoms with Crippen molar-refractivity contribution >= 4 is 14.2 Å². The highest BCUT2D eigenvalue weighted by molar-refractivity contribution is 6.70. The molecular formula is C17H29NO4Si. The fourth-order valence-electron chi connectivity index (χ4n) is 3.67. The van der Waals surface area contributed by atoms with Gasteiger partial charge in [-0.15, -0.1) is 0 Å². The number of nitrogens with two attached hydrogens (primary N) is 1. The Bertz CT molecular complexity index is 495. The monoisotopic (exact) mass is 339 g/mol. The summed E-state index contributed by atoms with van der Waals surface area (Å²) in [5, 5.41) is -0.284. The van der Waals surface area contributed by atoms with Gasteiger partial charge in [0.2, 0.25) is 0 Å². The van der Waals surface area contributed by atoms with E-state index >= 15 is 0 Å². The van der Waals surface area contributed by atoms with Gasteiger partial charge in [-0.25, -0.2) is 0 Å². The van der Waals surface area contributed by atoms with Crippen molar-refractivity contribution in [1.29, 1.82) is 0 Å². The van der Waals surface area contributed by atoms with Crippen LogP contribution in [0.4, 0.5) is 5.69 Å². The summed E-state index contributed by atoms with van der Waals surface area (Å²) >= 11 is 0. The van der Waals surface area contributed by atoms with Crippen LogP contribution in [0.3, 0.4) is 0 Å². The number of hydrogen-bond acceptors (Lipinski definition) is 5. The molecule has 0 radical (unpaired) electrons. The summed E-state index contributed by atoms with van der Waals surface area (Å²) in [5.74, 6) is 0.808. The molecule has 0 saturated carbocycles. The van der Waals surface area contributed by atoms with E-state index in [0.717, 1.165) is 43.9 Å². The van der Waals surface area contributed by atoms with Gasteiger partial charge in [-0.3, -0.25) is 0 Å². The van der Waals surface area contributed by atoms with E-state index in [4.69, 9.17) is 24.1 Å². The molecule has 5 nitrogen and oxygen atoms in total. The molecule has 23 heavy (non-hydrogen) atoms. The van der Waals surface area contributed by atoms with Crippen LogP contribution in [-0.4, -0.2) is 41.7 Å². The molecule has 0 spiro atoms. The van der Waals surface area contributed by atoms with Crippen LogP contribution in [0.5, 0.6) is 5.75 Å². The number of ether oxygens (including phenoxy) is 2. The Morgan fingerprint density at radius 3 is 2.61 bits per heavy atom. The van der Waals surface area contributed by atoms with Crippen molar-refractivity contribution < 1.29 is 18.3 Å². The second-order valence-electron chi connectivity index (χ2n) is 6.09. The summed E-state index contributed by atoms with van der Waals surface area (Å²) in [5.41, 5.74) is 6.48. The molecule has 1 fully saturated rings. The summed E-state index contributed by atoms with van der Waals surface area (Å²) < 4.78 is 23.6. The molecule has 0 bridgehead atoms. The number of methoxy groups -OCH3 is 1. The minimum atomic E-state index is -2.35. The summed E-state index contributed by atoms with van der Waals surface area (Å²) in [6.07, 6.45) is 5.09. The molecule has 2 rings (SSSR count). The first-order valence-electron chi connectivity index (χ1n) is 8.25. The third-order valence-electron chi connectivity index (χ3n) is 4.93. The van der Waals surface area contributed by atoms with Crippen molar-refractivity contribution in [2.45, 2.75) is 43.4 Å². The number of hydrogen-bond donors (Lipinski definition) is 1. The average molecular weight is 340 g/mol. The highest BCUT2D eigenvalue weighted by Gasteiger charge is 2.58. The second kappa shape index (κ2) is 8.15. The summed E-state index contributed by atoms with van der Waals surface area (Å²) in [6, 6.07) is 8.51. The minimum absolute atomic E-state index is 0.284. The SMILES string of the molecule is COC1(CCCOc2cccc(N)c2)CCCC[Si]1(OC)OC. The van der Waals surface area contributed by atoms with Gasteiger partial charge in [0, 0.05) is 33.1 Å². The van der Waals surface area contributed by atoms with E-state index in [1.165, 1.54) is 0 Å². The van der Waals surface area contributed by atoms with Gasteiger partial charge in [0.25, 0.3) is 0 Å². The van der Waals surface area contributed by atoms with Crippen LogP contribution in [0.2, 0.25) is 6.04 Å². The van der Waals surface area contributed by atoms with Crippen molar-refractivity contribution in [3.05, 3.63) is 24.3 Å². The standard InChI is InChI=1S/C17H29NO4Si/c1-19-17(10-4-5-13-23(17,20-2)21-3)11-7-12-22-16-9-6-8-15(18)14-16/h6,8-9,14H,4-5,7,10-13,18H2,1-3H3. The predicted molar refractivity (Wildman–Crippen MR) is 93.8 cm³/mol. The van der Waals surface area contributed by atoms with Gasteiger partial charge in [0.1, 0.15) is 11.0 Å². The van der Waals surface area contributed by atoms with E-state index in [9.17, 15) is 0 Å². The van der Waals surface area contributed by atoms with Crippen LogP contribution in [-0.2, 0) is 13.6 Å². The van der Waals surface area contributed by atoms with Gasteiger partial charge < -0.3 is 24.1 Å². The van der Waals surface area contributed by atoms with Crippen LogP contribution >= 0.6 is 0 Å². The zero-order chi connectivity index (χ0) is 16.8. The first-order valence-corrected chi connectivity index (χ1v) is 10.3. The van der Waals surface area contributed by atoms with Gasteiger partial charge in [0.15, 0.2) is 0 Å². The molecule has 1 saturated heterocycles. The maximum atomic E-state index is 5.98. The Morgan fingerprint density at radius 2 is 1.96 bits per heavy atom. The Balaban J connectivity index is 1.95. The van der Waals surface area contributed by atoms with Crippen LogP contribution in [0, 0.1) is 0 Å². The molecule has 0 aliphatic carbocycles. The van der Waals surface area contributed by atoms with Gasteiger partial charge in [-0.2, -0.15) is 0 Å². The Hall–Kier alpha value is -1.08. The molecule has 0 aromatic heterocycles. The fraction of sp³-hybridized carbons (Fsp3) is 0.647. The second-order valence-corrected chi connectivity index (χ2v) is 9.82. The van der Waals surface area contributed by atoms with Crippen LogP contribution < -0.4 is 10.5 Å². The topological polar surface area (TPSA) is 62.9 Å². The van der Waals surface area contributed by atoms with Gasteiger partial charge in [-0.05, 0) is 37.4 Å². The lowest BCUT2D eigenvalue weighted by molar-refractivity contribution is -0.0175. The minimum Gasteiger partial charge on any atom is -0.494 e. The quantitative estimate of drug-likeness (QED) is 0.447. The van der Waals surface area contributed by atoms with Crippen molar-refractivity contribution in [2.75, 3.05) is 33.7 Å². The molecule has 1 unspecified atom stereocenters. The van der Waals surface area contributed by atoms with Gasteiger partial charge >= 0.3 is 8.56 Å². The van der Waals surface area contributed by atoms with E-state index in [1.54, 1.807) is 21.3 Å². The van der Waals surface area contributed by atoms with Crippen molar-refractivity contribution in [3.8, 4) is 5.75 Å². The maximum Gasteiger partial charge on any atom is 0.370 e. The maximum absolute atomic E-state index is 5.98. The van der Waals surface area contributed by atoms with Gasteiger partial charge in [0.05, 0.1) is 6.61 Å². The summed E-state index contributed by atoms with van der Waals surface area (Å²) in [4.78, 5) is 0. The zero-order valence-corrected chi connectivity index (χ0v) is 15.5. The van der Waals surface area contributed by atoms with Gasteiger partial charge in [-0.1, -0.05) is 18.9 Å². The van der Waals surface area contributed by atoms with Crippen molar-refractivity contribution in [3.63, 3.8) is 0 Å². The first kappa shape index (κ1) is 18.3. The number of anilines is 1. The normalized spacial score (nSPS) is 23.6. The van der Waals surface area contributed by atoms with E-state index in [2.05, 4.69) is 0 Å². The molecule has 1 aromatic carbocycles. The molecule has 0 amide bonds. The number of nitrogen functional groups attached to an aromatic ring is 1. The first-order chi connectivity index (χ1) is 11.1. The third-order valence-corrected chi connectivity index (χ3v) is 9.36. The molecule has 1 aromatic rings. The smallest absolute Gasteiger partial charge is 0.370 e. The lowest BCUT2D eigenvalue weighted by Gasteiger charge is -2.48. The van der Waals surface area contributed by atoms with E-state index in [-0.39, 0.29) is 5.22 Å². The lowest BCUT2D eigenvalue weighted by Crippen LogP contribution is -2.64. The Kier molecular flexibility index (Phi) is 6.47. The average Bonchev–Trinajstić information content (AvgIpc) is 2.59. The van der Waals surface area contributed by atoms with E-state index < -0.39 is 8.56 Å². The summed E-state index contributed by atoms with van der Waals surface area (Å²) in [7, 11) is 2.96. The third kappa shape index (κ3) is 3.88. The molecule has 1 aliphatic rings. The Labute approximate surface area is 140 Å². The van der Waals surface area contributed by atoms with E-state index in [0.29, 0.717) is 12.3 Å². The highest BCUT2D eigenvalue weighted by atomic mass is 28.4. The van der Waals surface area contributed by atoms with E-state index in [1.807, 2.05) is 24.3 Å². The highest BCUT2D eigenvalue weighted by Crippen LogP contribution is 2.42. The van der Waals surface area contributed by atoms with Crippen LogP contribution in [0.15, 0.2) is 24.3 Å². The molecule has 2 N–H and O–H groups in total. The molecular weight excluding hydrogens is 310 g/mol. The molecule has 1 aliphatic heterocycles. The van der Waals surface area contributed by atoms with Crippen molar-refractivity contribution in [1.82, 2.24) is 0 Å². The number of rotatable bonds is 8. The number of benzene rings is 1. The molecule has 6 heteroatoms. The summed E-state index contributed by atoms with van der Waals surface area (Å²) in [6.45, 7) is 0.631. The molecule has 130 valence electrons. The molecule has 1 heterocycles. The lowest BCUT2D eigenvalue weighted by atomic mass is 10.1. The zero-order valence-electron chi connectivity index (χ0n) is 14.5. The Morgan fingerprint density at radius 1 is 1.17 bits per heavy atom. The van der Waals surface area contributed by atoms with Crippen LogP contribution in [0.25, 0.3) is 0 Å².